The van der Waals surface area contributed by atoms with Crippen LogP contribution < -0.4 is 17.3 Å². The first-order valence-corrected chi connectivity index (χ1v) is 8.95. The number of aryl methyl sites for hydroxylation is 1. The van der Waals surface area contributed by atoms with E-state index in [1.807, 2.05) is 11.8 Å². The summed E-state index contributed by atoms with van der Waals surface area (Å²) in [6.07, 6.45) is 3.56. The zero-order valence-corrected chi connectivity index (χ0v) is 15.6. The van der Waals surface area contributed by atoms with E-state index in [9.17, 15) is 0 Å². The second kappa shape index (κ2) is 8.05. The van der Waals surface area contributed by atoms with Gasteiger partial charge in [0.15, 0.2) is 0 Å². The van der Waals surface area contributed by atoms with Gasteiger partial charge in [0.05, 0.1) is 20.6 Å². The second-order valence-corrected chi connectivity index (χ2v) is 7.25. The summed E-state index contributed by atoms with van der Waals surface area (Å²) in [5.74, 6) is 1.06. The minimum absolute atomic E-state index is 0. The van der Waals surface area contributed by atoms with Crippen LogP contribution in [-0.2, 0) is 5.75 Å². The summed E-state index contributed by atoms with van der Waals surface area (Å²) in [5, 5.41) is 0. The first-order valence-electron chi connectivity index (χ1n) is 7.97. The van der Waals surface area contributed by atoms with Crippen molar-refractivity contribution in [2.45, 2.75) is 24.0 Å². The summed E-state index contributed by atoms with van der Waals surface area (Å²) < 4.78 is 0. The van der Waals surface area contributed by atoms with Crippen molar-refractivity contribution in [2.75, 3.05) is 20.6 Å². The Hall–Kier alpha value is -1.22. The zero-order chi connectivity index (χ0) is 15.5. The standard InChI is InChI=1S/C20H23NS.ClH/c1-15-8-6-11-19-18(12-7-13-21(2)3)17-10-5-4-9-16(17)14-22-20(15)19;/h4-6,8-12H,7,13-14H2,1-3H3;1H/b18-12-;. The Bertz CT molecular complexity index is 707. The highest BCUT2D eigenvalue weighted by molar-refractivity contribution is 7.98. The number of nitrogens with one attached hydrogen (secondary N) is 1. The maximum atomic E-state index is 2.44. The van der Waals surface area contributed by atoms with Gasteiger partial charge in [-0.1, -0.05) is 48.5 Å². The monoisotopic (exact) mass is 345 g/mol. The van der Waals surface area contributed by atoms with Gasteiger partial charge in [0.1, 0.15) is 0 Å². The van der Waals surface area contributed by atoms with Crippen LogP contribution in [0.2, 0.25) is 0 Å². The molecule has 0 unspecified atom stereocenters. The van der Waals surface area contributed by atoms with Crippen LogP contribution in [0, 0.1) is 6.92 Å². The van der Waals surface area contributed by atoms with Crippen molar-refractivity contribution in [3.05, 3.63) is 70.8 Å². The van der Waals surface area contributed by atoms with E-state index >= 15 is 0 Å². The Kier molecular flexibility index (Phi) is 6.34. The molecular weight excluding hydrogens is 322 g/mol. The fourth-order valence-electron chi connectivity index (χ4n) is 2.99. The third-order valence-corrected chi connectivity index (χ3v) is 5.46. The van der Waals surface area contributed by atoms with E-state index in [0.29, 0.717) is 0 Å². The van der Waals surface area contributed by atoms with Crippen LogP contribution in [-0.4, -0.2) is 20.6 Å². The van der Waals surface area contributed by atoms with Gasteiger partial charge in [-0.3, -0.25) is 0 Å². The molecule has 23 heavy (non-hydrogen) atoms. The van der Waals surface area contributed by atoms with Gasteiger partial charge in [-0.15, -0.1) is 11.8 Å². The van der Waals surface area contributed by atoms with Crippen LogP contribution in [0.15, 0.2) is 53.4 Å². The largest absolute Gasteiger partial charge is 1.00 e. The highest BCUT2D eigenvalue weighted by Crippen LogP contribution is 2.41. The number of fused-ring (bicyclic) bond motifs is 2. The van der Waals surface area contributed by atoms with Gasteiger partial charge in [-0.05, 0) is 34.8 Å². The topological polar surface area (TPSA) is 4.44 Å². The van der Waals surface area contributed by atoms with Crippen molar-refractivity contribution in [1.29, 1.82) is 0 Å². The Morgan fingerprint density at radius 2 is 1.78 bits per heavy atom. The molecule has 0 amide bonds. The molecule has 122 valence electrons. The number of thioether (sulfide) groups is 1. The third-order valence-electron chi connectivity index (χ3n) is 4.17. The highest BCUT2D eigenvalue weighted by Gasteiger charge is 2.19. The average Bonchev–Trinajstić information content (AvgIpc) is 2.66. The molecule has 2 aromatic rings. The van der Waals surface area contributed by atoms with Gasteiger partial charge in [0.25, 0.3) is 0 Å². The molecule has 0 atom stereocenters. The summed E-state index contributed by atoms with van der Waals surface area (Å²) in [5.41, 5.74) is 7.07. The second-order valence-electron chi connectivity index (χ2n) is 6.26. The van der Waals surface area contributed by atoms with Crippen LogP contribution >= 0.6 is 11.8 Å². The summed E-state index contributed by atoms with van der Waals surface area (Å²) in [6, 6.07) is 15.6. The van der Waals surface area contributed by atoms with Gasteiger partial charge in [0.2, 0.25) is 0 Å². The summed E-state index contributed by atoms with van der Waals surface area (Å²) in [4.78, 5) is 2.94. The first kappa shape index (κ1) is 18.1. The Morgan fingerprint density at radius 1 is 1.04 bits per heavy atom. The van der Waals surface area contributed by atoms with Crippen LogP contribution in [0.3, 0.4) is 0 Å². The van der Waals surface area contributed by atoms with Crippen molar-refractivity contribution >= 4 is 17.3 Å². The lowest BCUT2D eigenvalue weighted by molar-refractivity contribution is -0.857. The molecule has 0 saturated heterocycles. The number of hydrogen-bond acceptors (Lipinski definition) is 1. The van der Waals surface area contributed by atoms with Crippen molar-refractivity contribution < 1.29 is 17.3 Å². The molecule has 1 heterocycles. The molecule has 0 aliphatic carbocycles. The van der Waals surface area contributed by atoms with E-state index < -0.39 is 0 Å². The van der Waals surface area contributed by atoms with Gasteiger partial charge in [0, 0.05) is 17.1 Å². The number of halogens is 1. The molecule has 1 N–H and O–H groups in total. The minimum Gasteiger partial charge on any atom is -1.00 e. The number of quaternary nitrogens is 1. The molecule has 1 nitrogen and oxygen atoms in total. The normalized spacial score (nSPS) is 14.9. The van der Waals surface area contributed by atoms with Crippen molar-refractivity contribution in [1.82, 2.24) is 0 Å². The molecule has 3 rings (SSSR count). The number of hydrogen-bond donors (Lipinski definition) is 1. The molecule has 1 aliphatic heterocycles. The Balaban J connectivity index is 0.00000192. The molecule has 2 aromatic carbocycles. The maximum absolute atomic E-state index is 2.44. The molecule has 0 bridgehead atoms. The van der Waals surface area contributed by atoms with Crippen molar-refractivity contribution in [3.63, 3.8) is 0 Å². The van der Waals surface area contributed by atoms with Crippen LogP contribution in [0.5, 0.6) is 0 Å². The molecule has 0 radical (unpaired) electrons. The maximum Gasteiger partial charge on any atom is 0.0802 e. The molecule has 1 aliphatic rings. The quantitative estimate of drug-likeness (QED) is 0.852. The lowest BCUT2D eigenvalue weighted by atomic mass is 9.93. The van der Waals surface area contributed by atoms with Crippen molar-refractivity contribution in [3.8, 4) is 0 Å². The number of rotatable bonds is 3. The molecule has 0 aromatic heterocycles. The summed E-state index contributed by atoms with van der Waals surface area (Å²) >= 11 is 1.98. The van der Waals surface area contributed by atoms with Crippen LogP contribution in [0.4, 0.5) is 0 Å². The molecular formula is C20H24ClNS. The predicted molar refractivity (Wildman–Crippen MR) is 96.6 cm³/mol. The summed E-state index contributed by atoms with van der Waals surface area (Å²) in [7, 11) is 4.43. The van der Waals surface area contributed by atoms with E-state index in [4.69, 9.17) is 0 Å². The van der Waals surface area contributed by atoms with E-state index in [0.717, 1.165) is 12.2 Å². The van der Waals surface area contributed by atoms with Gasteiger partial charge < -0.3 is 17.3 Å². The Labute approximate surface area is 150 Å². The van der Waals surface area contributed by atoms with E-state index in [1.54, 1.807) is 0 Å². The van der Waals surface area contributed by atoms with Crippen LogP contribution in [0.25, 0.3) is 5.57 Å². The Morgan fingerprint density at radius 3 is 2.57 bits per heavy atom. The number of benzene rings is 2. The molecule has 0 spiro atoms. The lowest BCUT2D eigenvalue weighted by Gasteiger charge is -2.13. The van der Waals surface area contributed by atoms with Crippen LogP contribution in [0.1, 0.15) is 28.7 Å². The van der Waals surface area contributed by atoms with Gasteiger partial charge in [-0.25, -0.2) is 0 Å². The van der Waals surface area contributed by atoms with E-state index in [1.165, 1.54) is 44.2 Å². The minimum atomic E-state index is 0. The smallest absolute Gasteiger partial charge is 0.0802 e. The fourth-order valence-corrected chi connectivity index (χ4v) is 4.17. The fraction of sp³-hybridized carbons (Fsp3) is 0.300. The van der Waals surface area contributed by atoms with E-state index in [-0.39, 0.29) is 12.4 Å². The van der Waals surface area contributed by atoms with Gasteiger partial charge >= 0.3 is 0 Å². The third kappa shape index (κ3) is 4.00. The highest BCUT2D eigenvalue weighted by atomic mass is 35.5. The van der Waals surface area contributed by atoms with E-state index in [2.05, 4.69) is 69.6 Å². The summed E-state index contributed by atoms with van der Waals surface area (Å²) in [6.45, 7) is 3.39. The predicted octanol–water partition coefficient (Wildman–Crippen LogP) is 0.571. The first-order chi connectivity index (χ1) is 10.7. The lowest BCUT2D eigenvalue weighted by Crippen LogP contribution is -3.05. The average molecular weight is 346 g/mol. The molecule has 3 heteroatoms. The van der Waals surface area contributed by atoms with Crippen molar-refractivity contribution in [2.24, 2.45) is 0 Å². The SMILES string of the molecule is Cc1cccc2c1SCc1ccccc1/C2=C/CC[NH+](C)C.[Cl-]. The molecule has 0 fully saturated rings. The molecule has 0 saturated carbocycles. The van der Waals surface area contributed by atoms with Gasteiger partial charge in [-0.2, -0.15) is 0 Å². The zero-order valence-electron chi connectivity index (χ0n) is 14.0.